The van der Waals surface area contributed by atoms with E-state index in [9.17, 15) is 0 Å². The molecule has 5 nitrogen and oxygen atoms in total. The number of rotatable bonds is 5. The van der Waals surface area contributed by atoms with Gasteiger partial charge < -0.3 is 9.26 Å². The summed E-state index contributed by atoms with van der Waals surface area (Å²) in [6.07, 6.45) is 6.98. The van der Waals surface area contributed by atoms with Crippen LogP contribution in [-0.2, 0) is 4.74 Å². The molecule has 2 heterocycles. The van der Waals surface area contributed by atoms with E-state index in [-0.39, 0.29) is 6.04 Å². The zero-order chi connectivity index (χ0) is 16.4. The Morgan fingerprint density at radius 3 is 2.67 bits per heavy atom. The predicted molar refractivity (Wildman–Crippen MR) is 91.5 cm³/mol. The molecular formula is C19H25N3O2. The molecule has 2 fully saturated rings. The second-order valence-electron chi connectivity index (χ2n) is 6.95. The molecule has 24 heavy (non-hydrogen) atoms. The molecule has 128 valence electrons. The van der Waals surface area contributed by atoms with Crippen molar-refractivity contribution in [1.82, 2.24) is 15.0 Å². The van der Waals surface area contributed by atoms with E-state index in [4.69, 9.17) is 9.26 Å². The Hall–Kier alpha value is -1.72. The first-order chi connectivity index (χ1) is 11.8. The fraction of sp³-hybridized carbons (Fsp3) is 0.579. The van der Waals surface area contributed by atoms with Crippen molar-refractivity contribution in [2.45, 2.75) is 57.3 Å². The molecular weight excluding hydrogens is 302 g/mol. The Bertz CT molecular complexity index is 654. The molecule has 4 rings (SSSR count). The molecule has 5 heteroatoms. The molecule has 2 aliphatic rings. The standard InChI is InChI=1S/C19H25N3O2/c1-14(18-20-19(24-21-18)15-7-3-2-4-8-15)22-12-6-11-17(13-22)23-16-9-5-10-16/h2-4,7-8,14,16-17H,5-6,9-13H2,1H3. The number of hydrogen-bond acceptors (Lipinski definition) is 5. The second-order valence-corrected chi connectivity index (χ2v) is 6.95. The van der Waals surface area contributed by atoms with Crippen molar-refractivity contribution in [2.75, 3.05) is 13.1 Å². The van der Waals surface area contributed by atoms with Crippen molar-refractivity contribution in [2.24, 2.45) is 0 Å². The highest BCUT2D eigenvalue weighted by molar-refractivity contribution is 5.52. The Kier molecular flexibility index (Phi) is 4.63. The van der Waals surface area contributed by atoms with Crippen LogP contribution >= 0.6 is 0 Å². The zero-order valence-electron chi connectivity index (χ0n) is 14.2. The van der Waals surface area contributed by atoms with Gasteiger partial charge in [-0.15, -0.1) is 0 Å². The summed E-state index contributed by atoms with van der Waals surface area (Å²) >= 11 is 0. The highest BCUT2D eigenvalue weighted by Crippen LogP contribution is 2.29. The van der Waals surface area contributed by atoms with Gasteiger partial charge in [-0.2, -0.15) is 4.98 Å². The fourth-order valence-electron chi connectivity index (χ4n) is 3.47. The van der Waals surface area contributed by atoms with E-state index in [0.717, 1.165) is 24.5 Å². The van der Waals surface area contributed by atoms with Crippen molar-refractivity contribution in [3.8, 4) is 11.5 Å². The maximum Gasteiger partial charge on any atom is 0.257 e. The lowest BCUT2D eigenvalue weighted by atomic mass is 9.95. The van der Waals surface area contributed by atoms with Gasteiger partial charge in [-0.25, -0.2) is 0 Å². The Labute approximate surface area is 143 Å². The lowest BCUT2D eigenvalue weighted by Crippen LogP contribution is -2.43. The summed E-state index contributed by atoms with van der Waals surface area (Å²) in [7, 11) is 0. The fourth-order valence-corrected chi connectivity index (χ4v) is 3.47. The lowest BCUT2D eigenvalue weighted by molar-refractivity contribution is -0.0829. The van der Waals surface area contributed by atoms with Gasteiger partial charge in [-0.1, -0.05) is 23.4 Å². The first-order valence-corrected chi connectivity index (χ1v) is 9.08. The predicted octanol–water partition coefficient (Wildman–Crippen LogP) is 3.83. The van der Waals surface area contributed by atoms with Crippen molar-refractivity contribution < 1.29 is 9.26 Å². The van der Waals surface area contributed by atoms with Crippen LogP contribution in [0.15, 0.2) is 34.9 Å². The van der Waals surface area contributed by atoms with Crippen LogP contribution in [0.5, 0.6) is 0 Å². The number of likely N-dealkylation sites (tertiary alicyclic amines) is 1. The normalized spacial score (nSPS) is 23.8. The van der Waals surface area contributed by atoms with E-state index < -0.39 is 0 Å². The molecule has 2 aromatic rings. The maximum atomic E-state index is 6.21. The van der Waals surface area contributed by atoms with Gasteiger partial charge in [0.15, 0.2) is 5.82 Å². The third kappa shape index (κ3) is 3.37. The van der Waals surface area contributed by atoms with Crippen LogP contribution in [0.2, 0.25) is 0 Å². The molecule has 1 aromatic heterocycles. The molecule has 0 spiro atoms. The van der Waals surface area contributed by atoms with Crippen LogP contribution in [-0.4, -0.2) is 40.3 Å². The summed E-state index contributed by atoms with van der Waals surface area (Å²) in [5.74, 6) is 1.36. The molecule has 2 unspecified atom stereocenters. The molecule has 0 radical (unpaired) electrons. The SMILES string of the molecule is CC(c1noc(-c2ccccc2)n1)N1CCCC(OC2CCC2)C1. The van der Waals surface area contributed by atoms with E-state index in [0.29, 0.717) is 18.1 Å². The minimum absolute atomic E-state index is 0.152. The second kappa shape index (κ2) is 7.03. The molecule has 1 aliphatic carbocycles. The summed E-state index contributed by atoms with van der Waals surface area (Å²) in [6.45, 7) is 4.19. The minimum Gasteiger partial charge on any atom is -0.374 e. The topological polar surface area (TPSA) is 51.4 Å². The highest BCUT2D eigenvalue weighted by Gasteiger charge is 2.30. The number of ether oxygens (including phenoxy) is 1. The average Bonchev–Trinajstić information content (AvgIpc) is 3.09. The molecule has 0 bridgehead atoms. The maximum absolute atomic E-state index is 6.21. The van der Waals surface area contributed by atoms with Crippen molar-refractivity contribution in [3.63, 3.8) is 0 Å². The van der Waals surface area contributed by atoms with E-state index in [1.807, 2.05) is 30.3 Å². The van der Waals surface area contributed by atoms with Gasteiger partial charge >= 0.3 is 0 Å². The van der Waals surface area contributed by atoms with E-state index in [2.05, 4.69) is 22.0 Å². The summed E-state index contributed by atoms with van der Waals surface area (Å²) in [4.78, 5) is 7.03. The van der Waals surface area contributed by atoms with E-state index >= 15 is 0 Å². The summed E-state index contributed by atoms with van der Waals surface area (Å²) in [5, 5.41) is 4.21. The number of benzene rings is 1. The van der Waals surface area contributed by atoms with Gasteiger partial charge in [0.05, 0.1) is 18.2 Å². The number of piperidine rings is 1. The zero-order valence-corrected chi connectivity index (χ0v) is 14.2. The molecule has 1 saturated heterocycles. The Balaban J connectivity index is 1.41. The average molecular weight is 327 g/mol. The van der Waals surface area contributed by atoms with Crippen LogP contribution in [0, 0.1) is 0 Å². The van der Waals surface area contributed by atoms with Crippen molar-refractivity contribution >= 4 is 0 Å². The third-order valence-corrected chi connectivity index (χ3v) is 5.23. The molecule has 1 aromatic carbocycles. The summed E-state index contributed by atoms with van der Waals surface area (Å²) in [6, 6.07) is 10.1. The minimum atomic E-state index is 0.152. The Morgan fingerprint density at radius 2 is 1.92 bits per heavy atom. The van der Waals surface area contributed by atoms with Gasteiger partial charge in [0, 0.05) is 12.1 Å². The van der Waals surface area contributed by atoms with Crippen LogP contribution < -0.4 is 0 Å². The first-order valence-electron chi connectivity index (χ1n) is 9.08. The number of aromatic nitrogens is 2. The molecule has 1 saturated carbocycles. The van der Waals surface area contributed by atoms with Crippen molar-refractivity contribution in [3.05, 3.63) is 36.2 Å². The van der Waals surface area contributed by atoms with Crippen LogP contribution in [0.4, 0.5) is 0 Å². The third-order valence-electron chi connectivity index (χ3n) is 5.23. The van der Waals surface area contributed by atoms with Gasteiger partial charge in [0.2, 0.25) is 0 Å². The van der Waals surface area contributed by atoms with Crippen LogP contribution in [0.1, 0.15) is 50.9 Å². The first kappa shape index (κ1) is 15.8. The molecule has 1 aliphatic heterocycles. The quantitative estimate of drug-likeness (QED) is 0.835. The monoisotopic (exact) mass is 327 g/mol. The van der Waals surface area contributed by atoms with Gasteiger partial charge in [0.1, 0.15) is 0 Å². The van der Waals surface area contributed by atoms with E-state index in [1.165, 1.54) is 32.1 Å². The molecule has 0 N–H and O–H groups in total. The summed E-state index contributed by atoms with van der Waals surface area (Å²) < 4.78 is 11.7. The smallest absolute Gasteiger partial charge is 0.257 e. The molecule has 2 atom stereocenters. The largest absolute Gasteiger partial charge is 0.374 e. The van der Waals surface area contributed by atoms with Crippen molar-refractivity contribution in [1.29, 1.82) is 0 Å². The number of hydrogen-bond donors (Lipinski definition) is 0. The lowest BCUT2D eigenvalue weighted by Gasteiger charge is -2.38. The molecule has 0 amide bonds. The Morgan fingerprint density at radius 1 is 1.12 bits per heavy atom. The van der Waals surface area contributed by atoms with Gasteiger partial charge in [0.25, 0.3) is 5.89 Å². The van der Waals surface area contributed by atoms with Gasteiger partial charge in [-0.3, -0.25) is 4.90 Å². The van der Waals surface area contributed by atoms with Crippen LogP contribution in [0.25, 0.3) is 11.5 Å². The number of nitrogens with zero attached hydrogens (tertiary/aromatic N) is 3. The summed E-state index contributed by atoms with van der Waals surface area (Å²) in [5.41, 5.74) is 0.966. The van der Waals surface area contributed by atoms with E-state index in [1.54, 1.807) is 0 Å². The van der Waals surface area contributed by atoms with Crippen LogP contribution in [0.3, 0.4) is 0 Å². The highest BCUT2D eigenvalue weighted by atomic mass is 16.5. The van der Waals surface area contributed by atoms with Gasteiger partial charge in [-0.05, 0) is 57.7 Å².